The third-order valence-corrected chi connectivity index (χ3v) is 3.12. The SMILES string of the molecule is O=C(CBr)CC1CCCN1C(=O)C(F)(F)F. The van der Waals surface area contributed by atoms with Crippen molar-refractivity contribution in [3.63, 3.8) is 0 Å². The molecule has 1 atom stereocenters. The average Bonchev–Trinajstić information content (AvgIpc) is 2.63. The molecule has 0 aromatic rings. The third-order valence-electron chi connectivity index (χ3n) is 2.49. The summed E-state index contributed by atoms with van der Waals surface area (Å²) in [4.78, 5) is 22.9. The van der Waals surface area contributed by atoms with Crippen LogP contribution in [-0.2, 0) is 9.59 Å². The van der Waals surface area contributed by atoms with Gasteiger partial charge in [0.05, 0.1) is 5.33 Å². The first-order valence-corrected chi connectivity index (χ1v) is 5.94. The molecular weight excluding hydrogens is 291 g/mol. The van der Waals surface area contributed by atoms with Crippen molar-refractivity contribution in [2.45, 2.75) is 31.5 Å². The van der Waals surface area contributed by atoms with Crippen molar-refractivity contribution in [3.8, 4) is 0 Å². The summed E-state index contributed by atoms with van der Waals surface area (Å²) in [7, 11) is 0. The number of amides is 1. The molecule has 0 aromatic carbocycles. The van der Waals surface area contributed by atoms with Gasteiger partial charge in [0.1, 0.15) is 5.78 Å². The molecule has 3 nitrogen and oxygen atoms in total. The van der Waals surface area contributed by atoms with Crippen molar-refractivity contribution in [3.05, 3.63) is 0 Å². The van der Waals surface area contributed by atoms with E-state index < -0.39 is 18.1 Å². The van der Waals surface area contributed by atoms with Crippen molar-refractivity contribution < 1.29 is 22.8 Å². The number of hydrogen-bond acceptors (Lipinski definition) is 2. The molecule has 0 N–H and O–H groups in total. The summed E-state index contributed by atoms with van der Waals surface area (Å²) < 4.78 is 36.6. The van der Waals surface area contributed by atoms with E-state index in [1.807, 2.05) is 0 Å². The first-order chi connectivity index (χ1) is 7.36. The number of halogens is 4. The maximum Gasteiger partial charge on any atom is 0.471 e. The highest BCUT2D eigenvalue weighted by atomic mass is 79.9. The molecule has 1 unspecified atom stereocenters. The van der Waals surface area contributed by atoms with E-state index in [1.165, 1.54) is 0 Å². The first-order valence-electron chi connectivity index (χ1n) is 4.81. The molecular formula is C9H11BrF3NO2. The molecule has 0 spiro atoms. The number of carbonyl (C=O) groups excluding carboxylic acids is 2. The minimum absolute atomic E-state index is 0.00687. The predicted molar refractivity (Wildman–Crippen MR) is 54.2 cm³/mol. The first kappa shape index (κ1) is 13.5. The highest BCUT2D eigenvalue weighted by Crippen LogP contribution is 2.27. The largest absolute Gasteiger partial charge is 0.471 e. The third kappa shape index (κ3) is 3.20. The van der Waals surface area contributed by atoms with Crippen LogP contribution in [-0.4, -0.2) is 40.7 Å². The number of carbonyl (C=O) groups is 2. The minimum Gasteiger partial charge on any atom is -0.331 e. The van der Waals surface area contributed by atoms with E-state index in [4.69, 9.17) is 0 Å². The lowest BCUT2D eigenvalue weighted by Crippen LogP contribution is -2.44. The van der Waals surface area contributed by atoms with E-state index in [0.29, 0.717) is 12.8 Å². The van der Waals surface area contributed by atoms with Gasteiger partial charge in [-0.1, -0.05) is 15.9 Å². The van der Waals surface area contributed by atoms with Gasteiger partial charge in [0.15, 0.2) is 0 Å². The zero-order valence-corrected chi connectivity index (χ0v) is 9.97. The molecule has 1 rings (SSSR count). The highest BCUT2D eigenvalue weighted by Gasteiger charge is 2.46. The Balaban J connectivity index is 2.66. The Morgan fingerprint density at radius 2 is 2.00 bits per heavy atom. The van der Waals surface area contributed by atoms with Gasteiger partial charge < -0.3 is 4.90 Å². The molecule has 7 heteroatoms. The Morgan fingerprint density at radius 3 is 2.50 bits per heavy atom. The topological polar surface area (TPSA) is 37.4 Å². The van der Waals surface area contributed by atoms with Gasteiger partial charge in [-0.2, -0.15) is 13.2 Å². The van der Waals surface area contributed by atoms with Gasteiger partial charge in [0, 0.05) is 19.0 Å². The Labute approximate surface area is 99.1 Å². The van der Waals surface area contributed by atoms with Crippen LogP contribution >= 0.6 is 15.9 Å². The zero-order valence-electron chi connectivity index (χ0n) is 8.39. The van der Waals surface area contributed by atoms with Crippen LogP contribution in [0.3, 0.4) is 0 Å². The molecule has 0 bridgehead atoms. The average molecular weight is 302 g/mol. The predicted octanol–water partition coefficient (Wildman–Crippen LogP) is 1.89. The molecule has 0 aromatic heterocycles. The van der Waals surface area contributed by atoms with Gasteiger partial charge in [0.2, 0.25) is 0 Å². The van der Waals surface area contributed by atoms with E-state index in [2.05, 4.69) is 15.9 Å². The fraction of sp³-hybridized carbons (Fsp3) is 0.778. The maximum absolute atomic E-state index is 12.2. The van der Waals surface area contributed by atoms with Crippen LogP contribution in [0.1, 0.15) is 19.3 Å². The number of nitrogens with zero attached hydrogens (tertiary/aromatic N) is 1. The normalized spacial score (nSPS) is 21.2. The number of Topliss-reactive ketones (excluding diaryl/α,β-unsaturated/α-hetero) is 1. The fourth-order valence-corrected chi connectivity index (χ4v) is 2.02. The van der Waals surface area contributed by atoms with E-state index in [-0.39, 0.29) is 24.1 Å². The molecule has 92 valence electrons. The smallest absolute Gasteiger partial charge is 0.331 e. The number of ketones is 1. The molecule has 1 heterocycles. The molecule has 1 amide bonds. The van der Waals surface area contributed by atoms with Crippen LogP contribution in [0.2, 0.25) is 0 Å². The highest BCUT2D eigenvalue weighted by molar-refractivity contribution is 9.09. The Kier molecular flexibility index (Phi) is 4.35. The summed E-state index contributed by atoms with van der Waals surface area (Å²) in [5.41, 5.74) is 0. The van der Waals surface area contributed by atoms with Crippen LogP contribution < -0.4 is 0 Å². The van der Waals surface area contributed by atoms with Crippen LogP contribution in [0.15, 0.2) is 0 Å². The monoisotopic (exact) mass is 301 g/mol. The summed E-state index contributed by atoms with van der Waals surface area (Å²) in [6.07, 6.45) is -3.88. The molecule has 0 saturated carbocycles. The standard InChI is InChI=1S/C9H11BrF3NO2/c10-5-7(15)4-6-2-1-3-14(6)8(16)9(11,12)13/h6H,1-5H2. The summed E-state index contributed by atoms with van der Waals surface area (Å²) in [6.45, 7) is 0.0819. The van der Waals surface area contributed by atoms with Crippen LogP contribution in [0, 0.1) is 0 Å². The van der Waals surface area contributed by atoms with Crippen LogP contribution in [0.5, 0.6) is 0 Å². The fourth-order valence-electron chi connectivity index (χ4n) is 1.80. The van der Waals surface area contributed by atoms with Gasteiger partial charge >= 0.3 is 12.1 Å². The quantitative estimate of drug-likeness (QED) is 0.747. The Morgan fingerprint density at radius 1 is 1.38 bits per heavy atom. The van der Waals surface area contributed by atoms with Crippen molar-refractivity contribution in [1.82, 2.24) is 4.90 Å². The van der Waals surface area contributed by atoms with E-state index >= 15 is 0 Å². The summed E-state index contributed by atoms with van der Waals surface area (Å²) in [5.74, 6) is -2.02. The zero-order chi connectivity index (χ0) is 12.3. The molecule has 16 heavy (non-hydrogen) atoms. The number of hydrogen-bond donors (Lipinski definition) is 0. The van der Waals surface area contributed by atoms with E-state index in [1.54, 1.807) is 0 Å². The van der Waals surface area contributed by atoms with Crippen molar-refractivity contribution in [2.75, 3.05) is 11.9 Å². The molecule has 0 radical (unpaired) electrons. The minimum atomic E-state index is -4.85. The lowest BCUT2D eigenvalue weighted by molar-refractivity contribution is -0.186. The molecule has 0 aliphatic carbocycles. The number of alkyl halides is 4. The van der Waals surface area contributed by atoms with Crippen molar-refractivity contribution in [1.29, 1.82) is 0 Å². The van der Waals surface area contributed by atoms with Gasteiger partial charge in [-0.15, -0.1) is 0 Å². The molecule has 1 saturated heterocycles. The second-order valence-electron chi connectivity index (χ2n) is 3.67. The molecule has 1 aliphatic rings. The Hall–Kier alpha value is -0.590. The number of likely N-dealkylation sites (tertiary alicyclic amines) is 1. The van der Waals surface area contributed by atoms with Crippen LogP contribution in [0.25, 0.3) is 0 Å². The summed E-state index contributed by atoms with van der Waals surface area (Å²) in [6, 6.07) is -0.598. The van der Waals surface area contributed by atoms with Crippen molar-refractivity contribution >= 4 is 27.6 Å². The van der Waals surface area contributed by atoms with Gasteiger partial charge in [-0.25, -0.2) is 0 Å². The summed E-state index contributed by atoms with van der Waals surface area (Å²) in [5, 5.41) is 0.109. The second-order valence-corrected chi connectivity index (χ2v) is 4.23. The lowest BCUT2D eigenvalue weighted by Gasteiger charge is -2.24. The maximum atomic E-state index is 12.2. The molecule has 1 aliphatic heterocycles. The summed E-state index contributed by atoms with van der Waals surface area (Å²) >= 11 is 2.94. The van der Waals surface area contributed by atoms with Gasteiger partial charge in [-0.3, -0.25) is 9.59 Å². The van der Waals surface area contributed by atoms with Crippen LogP contribution in [0.4, 0.5) is 13.2 Å². The second kappa shape index (κ2) is 5.16. The van der Waals surface area contributed by atoms with Crippen molar-refractivity contribution in [2.24, 2.45) is 0 Å². The van der Waals surface area contributed by atoms with Gasteiger partial charge in [0.25, 0.3) is 0 Å². The molecule has 1 fully saturated rings. The number of rotatable bonds is 3. The van der Waals surface area contributed by atoms with Gasteiger partial charge in [-0.05, 0) is 12.8 Å². The lowest BCUT2D eigenvalue weighted by atomic mass is 10.1. The Bertz CT molecular complexity index is 293. The van der Waals surface area contributed by atoms with E-state index in [9.17, 15) is 22.8 Å². The van der Waals surface area contributed by atoms with E-state index in [0.717, 1.165) is 4.90 Å².